The number of carbonyl (C=O) groups is 1. The van der Waals surface area contributed by atoms with E-state index in [2.05, 4.69) is 9.80 Å². The van der Waals surface area contributed by atoms with Crippen molar-refractivity contribution in [1.82, 2.24) is 4.90 Å². The molecular formula is C15H21ClN2O2. The average Bonchev–Trinajstić information content (AvgIpc) is 2.36. The van der Waals surface area contributed by atoms with Gasteiger partial charge in [-0.05, 0) is 50.8 Å². The minimum atomic E-state index is -0.957. The third kappa shape index (κ3) is 5.63. The molecule has 0 aliphatic heterocycles. The van der Waals surface area contributed by atoms with Crippen LogP contribution in [0.25, 0.3) is 6.08 Å². The monoisotopic (exact) mass is 296 g/mol. The summed E-state index contributed by atoms with van der Waals surface area (Å²) in [6, 6.07) is 5.46. The highest BCUT2D eigenvalue weighted by Gasteiger charge is 2.07. The Bertz CT molecular complexity index is 487. The maximum absolute atomic E-state index is 10.6. The highest BCUT2D eigenvalue weighted by Crippen LogP contribution is 2.25. The average molecular weight is 297 g/mol. The maximum Gasteiger partial charge on any atom is 0.328 e. The number of hydrogen-bond acceptors (Lipinski definition) is 3. The van der Waals surface area contributed by atoms with Gasteiger partial charge in [-0.25, -0.2) is 4.79 Å². The van der Waals surface area contributed by atoms with E-state index in [1.165, 1.54) is 0 Å². The topological polar surface area (TPSA) is 43.8 Å². The fourth-order valence-corrected chi connectivity index (χ4v) is 2.06. The largest absolute Gasteiger partial charge is 0.478 e. The van der Waals surface area contributed by atoms with Crippen LogP contribution in [0.4, 0.5) is 5.69 Å². The van der Waals surface area contributed by atoms with Crippen molar-refractivity contribution in [3.05, 3.63) is 34.9 Å². The third-order valence-electron chi connectivity index (χ3n) is 2.91. The molecule has 4 nitrogen and oxygen atoms in total. The van der Waals surface area contributed by atoms with Gasteiger partial charge in [-0.1, -0.05) is 17.7 Å². The van der Waals surface area contributed by atoms with E-state index in [-0.39, 0.29) is 0 Å². The number of carboxylic acid groups (broad SMARTS) is 1. The Morgan fingerprint density at radius 3 is 2.60 bits per heavy atom. The Kier molecular flexibility index (Phi) is 6.55. The first-order valence-corrected chi connectivity index (χ1v) is 6.84. The number of aliphatic carboxylic acids is 1. The Morgan fingerprint density at radius 1 is 1.30 bits per heavy atom. The molecule has 0 aliphatic rings. The molecule has 5 heteroatoms. The van der Waals surface area contributed by atoms with Crippen LogP contribution in [0.15, 0.2) is 24.3 Å². The van der Waals surface area contributed by atoms with Crippen molar-refractivity contribution in [3.63, 3.8) is 0 Å². The van der Waals surface area contributed by atoms with Crippen LogP contribution in [0.3, 0.4) is 0 Å². The van der Waals surface area contributed by atoms with Gasteiger partial charge in [0.1, 0.15) is 0 Å². The normalized spacial score (nSPS) is 11.2. The minimum Gasteiger partial charge on any atom is -0.478 e. The Labute approximate surface area is 125 Å². The van der Waals surface area contributed by atoms with Crippen molar-refractivity contribution in [2.75, 3.05) is 39.1 Å². The molecule has 0 unspecified atom stereocenters. The molecule has 0 saturated carbocycles. The van der Waals surface area contributed by atoms with E-state index in [1.807, 2.05) is 33.3 Å². The molecule has 0 heterocycles. The highest BCUT2D eigenvalue weighted by molar-refractivity contribution is 6.31. The molecule has 1 N–H and O–H groups in total. The molecule has 0 fully saturated rings. The molecule has 20 heavy (non-hydrogen) atoms. The van der Waals surface area contributed by atoms with Crippen molar-refractivity contribution < 1.29 is 9.90 Å². The first kappa shape index (κ1) is 16.5. The van der Waals surface area contributed by atoms with Crippen molar-refractivity contribution in [3.8, 4) is 0 Å². The van der Waals surface area contributed by atoms with Gasteiger partial charge < -0.3 is 14.9 Å². The number of nitrogens with zero attached hydrogens (tertiary/aromatic N) is 2. The number of halogens is 1. The van der Waals surface area contributed by atoms with Gasteiger partial charge in [-0.3, -0.25) is 0 Å². The molecule has 0 aromatic heterocycles. The third-order valence-corrected chi connectivity index (χ3v) is 3.14. The van der Waals surface area contributed by atoms with E-state index in [0.29, 0.717) is 5.02 Å². The lowest BCUT2D eigenvalue weighted by molar-refractivity contribution is -0.131. The maximum atomic E-state index is 10.6. The summed E-state index contributed by atoms with van der Waals surface area (Å²) < 4.78 is 0. The molecule has 1 aromatic carbocycles. The Hall–Kier alpha value is -1.52. The fourth-order valence-electron chi connectivity index (χ4n) is 1.89. The SMILES string of the molecule is CN(C)CCCN(C)c1cc(Cl)ccc1/C=C/C(=O)O. The summed E-state index contributed by atoms with van der Waals surface area (Å²) in [6.07, 6.45) is 3.76. The first-order chi connectivity index (χ1) is 9.40. The lowest BCUT2D eigenvalue weighted by atomic mass is 10.1. The highest BCUT2D eigenvalue weighted by atomic mass is 35.5. The van der Waals surface area contributed by atoms with Crippen LogP contribution < -0.4 is 4.90 Å². The second-order valence-corrected chi connectivity index (χ2v) is 5.39. The van der Waals surface area contributed by atoms with Gasteiger partial charge in [-0.2, -0.15) is 0 Å². The second kappa shape index (κ2) is 7.92. The fraction of sp³-hybridized carbons (Fsp3) is 0.400. The zero-order chi connectivity index (χ0) is 15.1. The van der Waals surface area contributed by atoms with Gasteiger partial charge in [0, 0.05) is 30.4 Å². The number of anilines is 1. The quantitative estimate of drug-likeness (QED) is 0.786. The Morgan fingerprint density at radius 2 is 2.00 bits per heavy atom. The van der Waals surface area contributed by atoms with Gasteiger partial charge in [0.05, 0.1) is 0 Å². The summed E-state index contributed by atoms with van der Waals surface area (Å²) in [6.45, 7) is 1.89. The summed E-state index contributed by atoms with van der Waals surface area (Å²) >= 11 is 6.03. The lowest BCUT2D eigenvalue weighted by Gasteiger charge is -2.22. The molecule has 0 atom stereocenters. The standard InChI is InChI=1S/C15H21ClN2O2/c1-17(2)9-4-10-18(3)14-11-13(16)7-5-12(14)6-8-15(19)20/h5-8,11H,4,9-10H2,1-3H3,(H,19,20)/b8-6+. The van der Waals surface area contributed by atoms with Crippen LogP contribution in [-0.4, -0.2) is 50.2 Å². The van der Waals surface area contributed by atoms with E-state index in [1.54, 1.807) is 12.1 Å². The van der Waals surface area contributed by atoms with E-state index >= 15 is 0 Å². The molecule has 0 radical (unpaired) electrons. The van der Waals surface area contributed by atoms with Gasteiger partial charge in [0.15, 0.2) is 0 Å². The second-order valence-electron chi connectivity index (χ2n) is 4.95. The van der Waals surface area contributed by atoms with Crippen LogP contribution in [0.1, 0.15) is 12.0 Å². The van der Waals surface area contributed by atoms with Crippen molar-refractivity contribution >= 4 is 29.3 Å². The number of hydrogen-bond donors (Lipinski definition) is 1. The van der Waals surface area contributed by atoms with Gasteiger partial charge in [-0.15, -0.1) is 0 Å². The first-order valence-electron chi connectivity index (χ1n) is 6.46. The van der Waals surface area contributed by atoms with Crippen LogP contribution in [0.5, 0.6) is 0 Å². The van der Waals surface area contributed by atoms with E-state index < -0.39 is 5.97 Å². The van der Waals surface area contributed by atoms with Crippen LogP contribution >= 0.6 is 11.6 Å². The summed E-state index contributed by atoms with van der Waals surface area (Å²) in [7, 11) is 6.07. The van der Waals surface area contributed by atoms with Gasteiger partial charge in [0.25, 0.3) is 0 Å². The van der Waals surface area contributed by atoms with Crippen LogP contribution in [-0.2, 0) is 4.79 Å². The predicted octanol–water partition coefficient (Wildman–Crippen LogP) is 2.83. The molecule has 0 spiro atoms. The molecular weight excluding hydrogens is 276 g/mol. The zero-order valence-corrected chi connectivity index (χ0v) is 12.9. The molecule has 0 aliphatic carbocycles. The molecule has 1 rings (SSSR count). The minimum absolute atomic E-state index is 0.645. The van der Waals surface area contributed by atoms with Crippen LogP contribution in [0.2, 0.25) is 5.02 Å². The van der Waals surface area contributed by atoms with Crippen molar-refractivity contribution in [2.45, 2.75) is 6.42 Å². The van der Waals surface area contributed by atoms with Crippen LogP contribution in [0, 0.1) is 0 Å². The summed E-state index contributed by atoms with van der Waals surface area (Å²) in [5, 5.41) is 9.37. The molecule has 0 bridgehead atoms. The number of benzene rings is 1. The van der Waals surface area contributed by atoms with Gasteiger partial charge >= 0.3 is 5.97 Å². The van der Waals surface area contributed by atoms with Crippen molar-refractivity contribution in [1.29, 1.82) is 0 Å². The number of carboxylic acids is 1. The predicted molar refractivity (Wildman–Crippen MR) is 84.6 cm³/mol. The smallest absolute Gasteiger partial charge is 0.328 e. The molecule has 1 aromatic rings. The van der Waals surface area contributed by atoms with Gasteiger partial charge in [0.2, 0.25) is 0 Å². The zero-order valence-electron chi connectivity index (χ0n) is 12.1. The van der Waals surface area contributed by atoms with Crippen molar-refractivity contribution in [2.24, 2.45) is 0 Å². The molecule has 0 amide bonds. The summed E-state index contributed by atoms with van der Waals surface area (Å²) in [5.74, 6) is -0.957. The molecule has 0 saturated heterocycles. The molecule has 110 valence electrons. The Balaban J connectivity index is 2.85. The summed E-state index contributed by atoms with van der Waals surface area (Å²) in [4.78, 5) is 14.9. The lowest BCUT2D eigenvalue weighted by Crippen LogP contribution is -2.23. The van der Waals surface area contributed by atoms with E-state index in [4.69, 9.17) is 16.7 Å². The van der Waals surface area contributed by atoms with E-state index in [9.17, 15) is 4.79 Å². The summed E-state index contributed by atoms with van der Waals surface area (Å²) in [5.41, 5.74) is 1.79. The van der Waals surface area contributed by atoms with E-state index in [0.717, 1.165) is 36.8 Å². The number of rotatable bonds is 7.